The molecule has 1 unspecified atom stereocenters. The Kier molecular flexibility index (Phi) is 37.7. The molecule has 0 spiro atoms. The average molecular weight is 723 g/mol. The Labute approximate surface area is 318 Å². The molecule has 0 rings (SSSR count). The highest BCUT2D eigenvalue weighted by atomic mass is 16.6. The van der Waals surface area contributed by atoms with Gasteiger partial charge in [-0.2, -0.15) is 0 Å². The second-order valence-corrected chi connectivity index (χ2v) is 13.3. The van der Waals surface area contributed by atoms with Crippen molar-refractivity contribution in [2.24, 2.45) is 0 Å². The summed E-state index contributed by atoms with van der Waals surface area (Å²) in [6, 6.07) is 0. The van der Waals surface area contributed by atoms with E-state index in [2.05, 4.69) is 57.2 Å². The Morgan fingerprint density at radius 1 is 0.404 bits per heavy atom. The van der Waals surface area contributed by atoms with Crippen molar-refractivity contribution in [1.29, 1.82) is 0 Å². The molecule has 0 aromatic carbocycles. The largest absolute Gasteiger partial charge is 0.462 e. The van der Waals surface area contributed by atoms with Crippen molar-refractivity contribution < 1.29 is 28.6 Å². The maximum Gasteiger partial charge on any atom is 0.306 e. The number of hydrogen-bond donors (Lipinski definition) is 0. The molecule has 0 amide bonds. The highest BCUT2D eigenvalue weighted by Gasteiger charge is 2.19. The molecule has 6 heteroatoms. The van der Waals surface area contributed by atoms with E-state index < -0.39 is 6.10 Å². The second kappa shape index (κ2) is 40.4. The number of rotatable bonds is 35. The van der Waals surface area contributed by atoms with E-state index in [-0.39, 0.29) is 31.1 Å². The molecule has 6 nitrogen and oxygen atoms in total. The van der Waals surface area contributed by atoms with Gasteiger partial charge in [0.2, 0.25) is 0 Å². The smallest absolute Gasteiger partial charge is 0.306 e. The van der Waals surface area contributed by atoms with Gasteiger partial charge in [-0.3, -0.25) is 14.4 Å². The minimum absolute atomic E-state index is 0.112. The van der Waals surface area contributed by atoms with Gasteiger partial charge in [0, 0.05) is 19.3 Å². The van der Waals surface area contributed by atoms with Crippen LogP contribution < -0.4 is 0 Å². The number of esters is 3. The SMILES string of the molecule is CC\C=C/C=C\C=C/C=C\C=C/CCCCCC(=O)OCC(COC(=O)CCC/C=C\CCCCCC)OC(=O)CCCCCC/C=C\CCCC. The molecule has 294 valence electrons. The van der Waals surface area contributed by atoms with Gasteiger partial charge >= 0.3 is 17.9 Å². The van der Waals surface area contributed by atoms with Crippen molar-refractivity contribution in [1.82, 2.24) is 0 Å². The van der Waals surface area contributed by atoms with Crippen LogP contribution in [0.25, 0.3) is 0 Å². The maximum absolute atomic E-state index is 12.6. The summed E-state index contributed by atoms with van der Waals surface area (Å²) in [6.45, 7) is 6.30. The lowest BCUT2D eigenvalue weighted by Crippen LogP contribution is -2.30. The van der Waals surface area contributed by atoms with Crippen molar-refractivity contribution in [2.75, 3.05) is 13.2 Å². The molecule has 0 bridgehead atoms. The third-order valence-corrected chi connectivity index (χ3v) is 8.23. The highest BCUT2D eigenvalue weighted by molar-refractivity contribution is 5.71. The predicted molar refractivity (Wildman–Crippen MR) is 219 cm³/mol. The molecule has 0 fully saturated rings. The zero-order chi connectivity index (χ0) is 38.0. The molecule has 0 heterocycles. The van der Waals surface area contributed by atoms with Crippen molar-refractivity contribution in [3.8, 4) is 0 Å². The van der Waals surface area contributed by atoms with Crippen LogP contribution in [-0.4, -0.2) is 37.2 Å². The van der Waals surface area contributed by atoms with Gasteiger partial charge in [0.1, 0.15) is 13.2 Å². The highest BCUT2D eigenvalue weighted by Crippen LogP contribution is 2.11. The molecular weight excluding hydrogens is 648 g/mol. The summed E-state index contributed by atoms with van der Waals surface area (Å²) in [5, 5.41) is 0. The minimum atomic E-state index is -0.807. The van der Waals surface area contributed by atoms with Crippen LogP contribution >= 0.6 is 0 Å². The molecule has 0 aliphatic carbocycles. The van der Waals surface area contributed by atoms with Gasteiger partial charge in [-0.05, 0) is 77.0 Å². The van der Waals surface area contributed by atoms with Gasteiger partial charge in [-0.15, -0.1) is 0 Å². The van der Waals surface area contributed by atoms with Crippen molar-refractivity contribution >= 4 is 17.9 Å². The fourth-order valence-corrected chi connectivity index (χ4v) is 5.09. The van der Waals surface area contributed by atoms with E-state index in [0.717, 1.165) is 83.5 Å². The zero-order valence-electron chi connectivity index (χ0n) is 33.3. The number of ether oxygens (including phenoxy) is 3. The summed E-state index contributed by atoms with van der Waals surface area (Å²) < 4.78 is 16.5. The summed E-state index contributed by atoms with van der Waals surface area (Å²) in [7, 11) is 0. The van der Waals surface area contributed by atoms with Crippen LogP contribution in [0.1, 0.15) is 168 Å². The molecule has 0 aliphatic rings. The predicted octanol–water partition coefficient (Wildman–Crippen LogP) is 12.9. The first-order chi connectivity index (χ1) is 25.5. The topological polar surface area (TPSA) is 78.9 Å². The average Bonchev–Trinajstić information content (AvgIpc) is 3.14. The van der Waals surface area contributed by atoms with E-state index in [1.165, 1.54) is 38.5 Å². The Morgan fingerprint density at radius 3 is 1.37 bits per heavy atom. The summed E-state index contributed by atoms with van der Waals surface area (Å²) in [5.74, 6) is -1.01. The van der Waals surface area contributed by atoms with Crippen LogP contribution in [0.4, 0.5) is 0 Å². The lowest BCUT2D eigenvalue weighted by atomic mass is 10.1. The Balaban J connectivity index is 4.51. The van der Waals surface area contributed by atoms with Gasteiger partial charge in [0.25, 0.3) is 0 Å². The molecule has 52 heavy (non-hydrogen) atoms. The van der Waals surface area contributed by atoms with Gasteiger partial charge in [-0.25, -0.2) is 0 Å². The maximum atomic E-state index is 12.6. The van der Waals surface area contributed by atoms with Gasteiger partial charge < -0.3 is 14.2 Å². The first-order valence-corrected chi connectivity index (χ1v) is 20.7. The quantitative estimate of drug-likeness (QED) is 0.0213. The van der Waals surface area contributed by atoms with Crippen LogP contribution in [0.15, 0.2) is 85.1 Å². The van der Waals surface area contributed by atoms with Crippen LogP contribution in [0, 0.1) is 0 Å². The molecule has 0 radical (unpaired) electrons. The van der Waals surface area contributed by atoms with E-state index >= 15 is 0 Å². The minimum Gasteiger partial charge on any atom is -0.462 e. The summed E-state index contributed by atoms with van der Waals surface area (Å²) in [5.41, 5.74) is 0. The number of allylic oxidation sites excluding steroid dienone is 14. The Bertz CT molecular complexity index is 1060. The molecular formula is C46H74O6. The van der Waals surface area contributed by atoms with E-state index in [9.17, 15) is 14.4 Å². The fraction of sp³-hybridized carbons (Fsp3) is 0.630. The summed E-state index contributed by atoms with van der Waals surface area (Å²) >= 11 is 0. The molecule has 0 saturated carbocycles. The van der Waals surface area contributed by atoms with E-state index in [1.807, 2.05) is 48.6 Å². The third-order valence-electron chi connectivity index (χ3n) is 8.23. The number of carbonyl (C=O) groups excluding carboxylic acids is 3. The lowest BCUT2D eigenvalue weighted by molar-refractivity contribution is -0.167. The van der Waals surface area contributed by atoms with Crippen LogP contribution in [0.2, 0.25) is 0 Å². The van der Waals surface area contributed by atoms with Crippen molar-refractivity contribution in [3.63, 3.8) is 0 Å². The van der Waals surface area contributed by atoms with Crippen LogP contribution in [0.3, 0.4) is 0 Å². The van der Waals surface area contributed by atoms with Gasteiger partial charge in [-0.1, -0.05) is 157 Å². The molecule has 0 aromatic rings. The summed E-state index contributed by atoms with van der Waals surface area (Å²) in [4.78, 5) is 37.5. The lowest BCUT2D eigenvalue weighted by Gasteiger charge is -2.18. The van der Waals surface area contributed by atoms with E-state index in [4.69, 9.17) is 14.2 Å². The second-order valence-electron chi connectivity index (χ2n) is 13.3. The standard InChI is InChI=1S/C46H74O6/c1-4-7-10-13-16-19-21-22-23-24-25-28-30-33-36-39-45(48)51-42-43(41-50-44(47)38-35-32-29-26-18-15-12-9-6-3)52-46(49)40-37-34-31-27-20-17-14-11-8-5-2/h7,10,13-14,16-17,19,21-26,29,43H,4-6,8-9,11-12,15,18,20,27-28,30-42H2,1-3H3/b10-7-,16-13-,17-14-,21-19-,23-22-,25-24-,29-26-. The van der Waals surface area contributed by atoms with Crippen LogP contribution in [0.5, 0.6) is 0 Å². The normalized spacial score (nSPS) is 12.9. The van der Waals surface area contributed by atoms with E-state index in [1.54, 1.807) is 0 Å². The molecule has 0 aliphatic heterocycles. The van der Waals surface area contributed by atoms with E-state index in [0.29, 0.717) is 25.7 Å². The summed E-state index contributed by atoms with van der Waals surface area (Å²) in [6.07, 6.45) is 50.0. The molecule has 1 atom stereocenters. The first-order valence-electron chi connectivity index (χ1n) is 20.7. The molecule has 0 aromatic heterocycles. The number of carbonyl (C=O) groups is 3. The Morgan fingerprint density at radius 2 is 0.808 bits per heavy atom. The van der Waals surface area contributed by atoms with Crippen molar-refractivity contribution in [2.45, 2.75) is 175 Å². The number of hydrogen-bond acceptors (Lipinski definition) is 6. The third kappa shape index (κ3) is 37.8. The molecule has 0 N–H and O–H groups in total. The number of unbranched alkanes of at least 4 members (excludes halogenated alkanes) is 14. The zero-order valence-corrected chi connectivity index (χ0v) is 33.3. The van der Waals surface area contributed by atoms with Gasteiger partial charge in [0.05, 0.1) is 0 Å². The van der Waals surface area contributed by atoms with Gasteiger partial charge in [0.15, 0.2) is 6.10 Å². The Hall–Kier alpha value is -3.41. The fourth-order valence-electron chi connectivity index (χ4n) is 5.09. The first kappa shape index (κ1) is 48.6. The molecule has 0 saturated heterocycles. The van der Waals surface area contributed by atoms with Crippen LogP contribution in [-0.2, 0) is 28.6 Å². The monoisotopic (exact) mass is 723 g/mol. The van der Waals surface area contributed by atoms with Crippen molar-refractivity contribution in [3.05, 3.63) is 85.1 Å².